The Hall–Kier alpha value is -1.85. The highest BCUT2D eigenvalue weighted by molar-refractivity contribution is 5.79. The SMILES string of the molecule is COc1ccnc(NC2CNC(=O)C2)n1. The lowest BCUT2D eigenvalue weighted by Crippen LogP contribution is -2.23. The van der Waals surface area contributed by atoms with Crippen LogP contribution in [0.15, 0.2) is 12.3 Å². The highest BCUT2D eigenvalue weighted by atomic mass is 16.5. The maximum absolute atomic E-state index is 11.0. The van der Waals surface area contributed by atoms with Gasteiger partial charge in [0.1, 0.15) is 0 Å². The minimum Gasteiger partial charge on any atom is -0.481 e. The number of ether oxygens (including phenoxy) is 1. The molecule has 1 saturated heterocycles. The molecule has 1 aliphatic heterocycles. The van der Waals surface area contributed by atoms with Gasteiger partial charge in [-0.3, -0.25) is 4.79 Å². The van der Waals surface area contributed by atoms with Gasteiger partial charge in [-0.25, -0.2) is 4.98 Å². The van der Waals surface area contributed by atoms with Crippen LogP contribution in [0.1, 0.15) is 6.42 Å². The van der Waals surface area contributed by atoms with Gasteiger partial charge >= 0.3 is 0 Å². The van der Waals surface area contributed by atoms with Crippen LogP contribution in [0.3, 0.4) is 0 Å². The Labute approximate surface area is 87.1 Å². The standard InChI is InChI=1S/C9H12N4O2/c1-15-8-2-3-10-9(13-8)12-6-4-7(14)11-5-6/h2-3,6H,4-5H2,1H3,(H,11,14)(H,10,12,13). The Morgan fingerprint density at radius 2 is 2.53 bits per heavy atom. The summed E-state index contributed by atoms with van der Waals surface area (Å²) in [5.74, 6) is 1.04. The molecule has 0 aliphatic carbocycles. The van der Waals surface area contributed by atoms with Gasteiger partial charge in [0.2, 0.25) is 17.7 Å². The van der Waals surface area contributed by atoms with Crippen LogP contribution in [0.5, 0.6) is 5.88 Å². The number of rotatable bonds is 3. The number of carbonyl (C=O) groups excluding carboxylic acids is 1. The van der Waals surface area contributed by atoms with Gasteiger partial charge in [-0.1, -0.05) is 0 Å². The van der Waals surface area contributed by atoms with Crippen molar-refractivity contribution in [1.29, 1.82) is 0 Å². The van der Waals surface area contributed by atoms with E-state index in [0.29, 0.717) is 24.8 Å². The van der Waals surface area contributed by atoms with Crippen molar-refractivity contribution in [2.45, 2.75) is 12.5 Å². The summed E-state index contributed by atoms with van der Waals surface area (Å²) in [5, 5.41) is 5.79. The predicted molar refractivity (Wildman–Crippen MR) is 53.6 cm³/mol. The first-order chi connectivity index (χ1) is 7.28. The Balaban J connectivity index is 2.01. The molecule has 0 radical (unpaired) electrons. The maximum atomic E-state index is 11.0. The monoisotopic (exact) mass is 208 g/mol. The summed E-state index contributed by atoms with van der Waals surface area (Å²) in [4.78, 5) is 19.1. The van der Waals surface area contributed by atoms with Gasteiger partial charge < -0.3 is 15.4 Å². The largest absolute Gasteiger partial charge is 0.481 e. The molecule has 1 atom stereocenters. The molecule has 80 valence electrons. The van der Waals surface area contributed by atoms with E-state index in [4.69, 9.17) is 4.74 Å². The van der Waals surface area contributed by atoms with Crippen LogP contribution in [-0.2, 0) is 4.79 Å². The zero-order valence-corrected chi connectivity index (χ0v) is 8.36. The summed E-state index contributed by atoms with van der Waals surface area (Å²) in [6.07, 6.45) is 2.07. The smallest absolute Gasteiger partial charge is 0.226 e. The summed E-state index contributed by atoms with van der Waals surface area (Å²) < 4.78 is 4.97. The number of hydrogen-bond acceptors (Lipinski definition) is 5. The van der Waals surface area contributed by atoms with Crippen LogP contribution in [0.2, 0.25) is 0 Å². The molecule has 2 heterocycles. The van der Waals surface area contributed by atoms with Crippen molar-refractivity contribution in [1.82, 2.24) is 15.3 Å². The Kier molecular flexibility index (Phi) is 2.66. The van der Waals surface area contributed by atoms with Gasteiger partial charge in [0.05, 0.1) is 13.2 Å². The van der Waals surface area contributed by atoms with Gasteiger partial charge in [-0.05, 0) is 0 Å². The molecule has 6 heteroatoms. The second-order valence-electron chi connectivity index (χ2n) is 3.27. The highest BCUT2D eigenvalue weighted by Gasteiger charge is 2.21. The number of anilines is 1. The van der Waals surface area contributed by atoms with Crippen LogP contribution in [0.4, 0.5) is 5.95 Å². The normalized spacial score (nSPS) is 19.8. The highest BCUT2D eigenvalue weighted by Crippen LogP contribution is 2.10. The van der Waals surface area contributed by atoms with E-state index in [9.17, 15) is 4.79 Å². The molecule has 1 fully saturated rings. The predicted octanol–water partition coefficient (Wildman–Crippen LogP) is -0.214. The van der Waals surface area contributed by atoms with E-state index in [-0.39, 0.29) is 11.9 Å². The van der Waals surface area contributed by atoms with E-state index in [1.807, 2.05) is 0 Å². The van der Waals surface area contributed by atoms with Gasteiger partial charge in [0.15, 0.2) is 0 Å². The first-order valence-corrected chi connectivity index (χ1v) is 4.68. The first-order valence-electron chi connectivity index (χ1n) is 4.68. The molecular weight excluding hydrogens is 196 g/mol. The summed E-state index contributed by atoms with van der Waals surface area (Å²) >= 11 is 0. The van der Waals surface area contributed by atoms with E-state index >= 15 is 0 Å². The van der Waals surface area contributed by atoms with Crippen LogP contribution in [-0.4, -0.2) is 35.6 Å². The maximum Gasteiger partial charge on any atom is 0.226 e. The van der Waals surface area contributed by atoms with Crippen LogP contribution < -0.4 is 15.4 Å². The van der Waals surface area contributed by atoms with Gasteiger partial charge in [0.25, 0.3) is 0 Å². The molecule has 2 rings (SSSR count). The number of carbonyl (C=O) groups is 1. The lowest BCUT2D eigenvalue weighted by atomic mass is 10.3. The van der Waals surface area contributed by atoms with Crippen molar-refractivity contribution >= 4 is 11.9 Å². The third kappa shape index (κ3) is 2.34. The summed E-state index contributed by atoms with van der Waals surface area (Å²) in [5.41, 5.74) is 0. The quantitative estimate of drug-likeness (QED) is 0.718. The molecular formula is C9H12N4O2. The second kappa shape index (κ2) is 4.12. The van der Waals surface area contributed by atoms with Crippen molar-refractivity contribution in [3.05, 3.63) is 12.3 Å². The molecule has 15 heavy (non-hydrogen) atoms. The van der Waals surface area contributed by atoms with Crippen LogP contribution in [0.25, 0.3) is 0 Å². The average Bonchev–Trinajstić information content (AvgIpc) is 2.64. The van der Waals surface area contributed by atoms with E-state index in [1.54, 1.807) is 19.4 Å². The van der Waals surface area contributed by atoms with Gasteiger partial charge in [-0.15, -0.1) is 0 Å². The van der Waals surface area contributed by atoms with Crippen molar-refractivity contribution in [2.75, 3.05) is 19.0 Å². The summed E-state index contributed by atoms with van der Waals surface area (Å²) in [6, 6.07) is 1.73. The second-order valence-corrected chi connectivity index (χ2v) is 3.27. The fraction of sp³-hybridized carbons (Fsp3) is 0.444. The van der Waals surface area contributed by atoms with E-state index < -0.39 is 0 Å². The molecule has 1 amide bonds. The minimum atomic E-state index is 0.0513. The fourth-order valence-corrected chi connectivity index (χ4v) is 1.42. The molecule has 2 N–H and O–H groups in total. The zero-order chi connectivity index (χ0) is 10.7. The number of hydrogen-bond donors (Lipinski definition) is 2. The first kappa shape index (κ1) is 9.70. The Bertz CT molecular complexity index is 369. The molecule has 0 saturated carbocycles. The number of nitrogens with one attached hydrogen (secondary N) is 2. The number of nitrogens with zero attached hydrogens (tertiary/aromatic N) is 2. The van der Waals surface area contributed by atoms with Crippen LogP contribution >= 0.6 is 0 Å². The van der Waals surface area contributed by atoms with Crippen molar-refractivity contribution < 1.29 is 9.53 Å². The molecule has 6 nitrogen and oxygen atoms in total. The van der Waals surface area contributed by atoms with Crippen LogP contribution in [0, 0.1) is 0 Å². The van der Waals surface area contributed by atoms with Gasteiger partial charge in [-0.2, -0.15) is 4.98 Å². The van der Waals surface area contributed by atoms with Crippen molar-refractivity contribution in [3.8, 4) is 5.88 Å². The number of amides is 1. The van der Waals surface area contributed by atoms with Crippen molar-refractivity contribution in [2.24, 2.45) is 0 Å². The van der Waals surface area contributed by atoms with Gasteiger partial charge in [0, 0.05) is 25.2 Å². The number of methoxy groups -OCH3 is 1. The lowest BCUT2D eigenvalue weighted by Gasteiger charge is -2.10. The molecule has 1 unspecified atom stereocenters. The van der Waals surface area contributed by atoms with E-state index in [2.05, 4.69) is 20.6 Å². The molecule has 1 aromatic rings. The third-order valence-corrected chi connectivity index (χ3v) is 2.15. The molecule has 0 aromatic carbocycles. The Morgan fingerprint density at radius 3 is 3.20 bits per heavy atom. The minimum absolute atomic E-state index is 0.0513. The topological polar surface area (TPSA) is 76.1 Å². The summed E-state index contributed by atoms with van der Waals surface area (Å²) in [7, 11) is 1.55. The number of aromatic nitrogens is 2. The molecule has 1 aromatic heterocycles. The lowest BCUT2D eigenvalue weighted by molar-refractivity contribution is -0.119. The van der Waals surface area contributed by atoms with E-state index in [0.717, 1.165) is 0 Å². The Morgan fingerprint density at radius 1 is 1.67 bits per heavy atom. The fourth-order valence-electron chi connectivity index (χ4n) is 1.42. The van der Waals surface area contributed by atoms with Crippen molar-refractivity contribution in [3.63, 3.8) is 0 Å². The molecule has 1 aliphatic rings. The summed E-state index contributed by atoms with van der Waals surface area (Å²) in [6.45, 7) is 0.611. The molecule has 0 spiro atoms. The van der Waals surface area contributed by atoms with E-state index in [1.165, 1.54) is 0 Å². The molecule has 0 bridgehead atoms. The average molecular weight is 208 g/mol. The third-order valence-electron chi connectivity index (χ3n) is 2.15. The zero-order valence-electron chi connectivity index (χ0n) is 8.36.